The fraction of sp³-hybridized carbons (Fsp3) is 0.667. The summed E-state index contributed by atoms with van der Waals surface area (Å²) >= 11 is 1.33. The Balaban J connectivity index is 1.98. The third-order valence-electron chi connectivity index (χ3n) is 3.22. The van der Waals surface area contributed by atoms with Crippen molar-refractivity contribution in [2.45, 2.75) is 32.7 Å². The molecule has 0 unspecified atom stereocenters. The van der Waals surface area contributed by atoms with Crippen molar-refractivity contribution < 1.29 is 13.2 Å². The first-order valence-corrected chi connectivity index (χ1v) is 9.27. The predicted molar refractivity (Wildman–Crippen MR) is 80.2 cm³/mol. The molecule has 0 bridgehead atoms. The van der Waals surface area contributed by atoms with Crippen LogP contribution in [0.25, 0.3) is 0 Å². The highest BCUT2D eigenvalue weighted by Crippen LogP contribution is 2.23. The summed E-state index contributed by atoms with van der Waals surface area (Å²) in [5, 5.41) is 6.73. The first-order chi connectivity index (χ1) is 9.41. The summed E-state index contributed by atoms with van der Waals surface area (Å²) in [4.78, 5) is 17.1. The highest BCUT2D eigenvalue weighted by Gasteiger charge is 2.26. The molecule has 20 heavy (non-hydrogen) atoms. The van der Waals surface area contributed by atoms with E-state index >= 15 is 0 Å². The van der Waals surface area contributed by atoms with Crippen LogP contribution in [0.3, 0.4) is 0 Å². The number of nitrogens with zero attached hydrogens (tertiary/aromatic N) is 1. The van der Waals surface area contributed by atoms with Crippen molar-refractivity contribution in [3.63, 3.8) is 0 Å². The molecule has 2 rings (SSSR count). The van der Waals surface area contributed by atoms with Gasteiger partial charge in [-0.25, -0.2) is 13.4 Å². The van der Waals surface area contributed by atoms with E-state index in [1.54, 1.807) is 6.92 Å². The van der Waals surface area contributed by atoms with Crippen LogP contribution in [0, 0.1) is 6.92 Å². The molecule has 1 saturated heterocycles. The number of nitrogens with one attached hydrogen (secondary N) is 2. The van der Waals surface area contributed by atoms with Gasteiger partial charge >= 0.3 is 0 Å². The standard InChI is InChI=1S/C12H19N3O3S2/c1-3-13-12-14-8(2)10(19-12)11(16)15-9-4-6-20(17,18)7-5-9/h9H,3-7H2,1-2H3,(H,13,14)(H,15,16). The Morgan fingerprint density at radius 3 is 2.65 bits per heavy atom. The summed E-state index contributed by atoms with van der Waals surface area (Å²) in [5.74, 6) is 0.151. The van der Waals surface area contributed by atoms with Gasteiger partial charge in [0.05, 0.1) is 17.2 Å². The minimum absolute atomic E-state index is 0.0601. The van der Waals surface area contributed by atoms with Gasteiger partial charge in [0.2, 0.25) is 0 Å². The van der Waals surface area contributed by atoms with Gasteiger partial charge in [-0.3, -0.25) is 4.79 Å². The number of anilines is 1. The summed E-state index contributed by atoms with van der Waals surface area (Å²) in [6, 6.07) is -0.0601. The van der Waals surface area contributed by atoms with Crippen LogP contribution in [0.2, 0.25) is 0 Å². The third kappa shape index (κ3) is 3.69. The van der Waals surface area contributed by atoms with Gasteiger partial charge in [0.1, 0.15) is 14.7 Å². The largest absolute Gasteiger partial charge is 0.362 e. The van der Waals surface area contributed by atoms with Crippen LogP contribution in [0.15, 0.2) is 0 Å². The fourth-order valence-electron chi connectivity index (χ4n) is 2.12. The number of aryl methyl sites for hydroxylation is 1. The summed E-state index contributed by atoms with van der Waals surface area (Å²) < 4.78 is 22.7. The van der Waals surface area contributed by atoms with E-state index in [4.69, 9.17) is 0 Å². The van der Waals surface area contributed by atoms with Gasteiger partial charge in [-0.2, -0.15) is 0 Å². The van der Waals surface area contributed by atoms with Gasteiger partial charge < -0.3 is 10.6 Å². The summed E-state index contributed by atoms with van der Waals surface area (Å²) in [5.41, 5.74) is 0.701. The second kappa shape index (κ2) is 6.09. The fourth-order valence-corrected chi connectivity index (χ4v) is 4.55. The highest BCUT2D eigenvalue weighted by atomic mass is 32.2. The second-order valence-electron chi connectivity index (χ2n) is 4.86. The van der Waals surface area contributed by atoms with Gasteiger partial charge in [0, 0.05) is 12.6 Å². The summed E-state index contributed by atoms with van der Waals surface area (Å²) in [6.45, 7) is 4.53. The topological polar surface area (TPSA) is 88.2 Å². The molecule has 6 nitrogen and oxygen atoms in total. The van der Waals surface area contributed by atoms with Gasteiger partial charge in [-0.05, 0) is 26.7 Å². The molecule has 0 atom stereocenters. The van der Waals surface area contributed by atoms with E-state index in [-0.39, 0.29) is 23.5 Å². The van der Waals surface area contributed by atoms with Crippen molar-refractivity contribution in [3.8, 4) is 0 Å². The first-order valence-electron chi connectivity index (χ1n) is 6.64. The third-order valence-corrected chi connectivity index (χ3v) is 6.05. The van der Waals surface area contributed by atoms with Gasteiger partial charge in [-0.15, -0.1) is 0 Å². The minimum Gasteiger partial charge on any atom is -0.362 e. The second-order valence-corrected chi connectivity index (χ2v) is 8.17. The summed E-state index contributed by atoms with van der Waals surface area (Å²) in [6.07, 6.45) is 0.984. The molecule has 0 saturated carbocycles. The van der Waals surface area contributed by atoms with Crippen molar-refractivity contribution in [2.75, 3.05) is 23.4 Å². The van der Waals surface area contributed by atoms with Crippen LogP contribution in [-0.2, 0) is 9.84 Å². The molecule has 0 spiro atoms. The van der Waals surface area contributed by atoms with Crippen LogP contribution in [0.4, 0.5) is 5.13 Å². The molecular formula is C12H19N3O3S2. The lowest BCUT2D eigenvalue weighted by atomic mass is 10.1. The molecule has 2 heterocycles. The van der Waals surface area contributed by atoms with Gasteiger partial charge in [0.25, 0.3) is 5.91 Å². The van der Waals surface area contributed by atoms with Crippen molar-refractivity contribution in [2.24, 2.45) is 0 Å². The maximum Gasteiger partial charge on any atom is 0.263 e. The molecular weight excluding hydrogens is 298 g/mol. The molecule has 1 aromatic rings. The first kappa shape index (κ1) is 15.2. The molecule has 1 aromatic heterocycles. The smallest absolute Gasteiger partial charge is 0.263 e. The Bertz CT molecular complexity index is 581. The Morgan fingerprint density at radius 1 is 1.40 bits per heavy atom. The van der Waals surface area contributed by atoms with Crippen molar-refractivity contribution in [1.82, 2.24) is 10.3 Å². The average molecular weight is 317 g/mol. The van der Waals surface area contributed by atoms with Crippen LogP contribution in [0.1, 0.15) is 35.1 Å². The SMILES string of the molecule is CCNc1nc(C)c(C(=O)NC2CCS(=O)(=O)CC2)s1. The molecule has 2 N–H and O–H groups in total. The van der Waals surface area contributed by atoms with Crippen molar-refractivity contribution in [3.05, 3.63) is 10.6 Å². The highest BCUT2D eigenvalue weighted by molar-refractivity contribution is 7.91. The van der Waals surface area contributed by atoms with Gasteiger partial charge in [-0.1, -0.05) is 11.3 Å². The molecule has 0 aliphatic carbocycles. The average Bonchev–Trinajstić information content (AvgIpc) is 2.73. The van der Waals surface area contributed by atoms with E-state index in [1.165, 1.54) is 11.3 Å². The lowest BCUT2D eigenvalue weighted by molar-refractivity contribution is 0.0937. The number of hydrogen-bond acceptors (Lipinski definition) is 6. The quantitative estimate of drug-likeness (QED) is 0.871. The molecule has 1 aliphatic rings. The van der Waals surface area contributed by atoms with E-state index < -0.39 is 9.84 Å². The Labute approximate surface area is 122 Å². The number of sulfone groups is 1. The number of hydrogen-bond donors (Lipinski definition) is 2. The minimum atomic E-state index is -2.90. The van der Waals surface area contributed by atoms with Crippen LogP contribution >= 0.6 is 11.3 Å². The molecule has 0 aromatic carbocycles. The van der Waals surface area contributed by atoms with E-state index in [0.29, 0.717) is 23.4 Å². The van der Waals surface area contributed by atoms with Crippen molar-refractivity contribution in [1.29, 1.82) is 0 Å². The zero-order valence-corrected chi connectivity index (χ0v) is 13.2. The molecule has 112 valence electrons. The normalized spacial score (nSPS) is 18.7. The Kier molecular flexibility index (Phi) is 4.64. The number of rotatable bonds is 4. The molecule has 0 radical (unpaired) electrons. The van der Waals surface area contributed by atoms with Gasteiger partial charge in [0.15, 0.2) is 5.13 Å². The Hall–Kier alpha value is -1.15. The maximum absolute atomic E-state index is 12.2. The monoisotopic (exact) mass is 317 g/mol. The molecule has 1 fully saturated rings. The maximum atomic E-state index is 12.2. The van der Waals surface area contributed by atoms with E-state index in [1.807, 2.05) is 6.92 Å². The van der Waals surface area contributed by atoms with Crippen LogP contribution in [-0.4, -0.2) is 43.4 Å². The van der Waals surface area contributed by atoms with Crippen molar-refractivity contribution >= 4 is 32.2 Å². The lowest BCUT2D eigenvalue weighted by Crippen LogP contribution is -2.40. The Morgan fingerprint density at radius 2 is 2.05 bits per heavy atom. The number of carbonyl (C=O) groups is 1. The number of aromatic nitrogens is 1. The van der Waals surface area contributed by atoms with E-state index in [9.17, 15) is 13.2 Å². The number of thiazole rings is 1. The predicted octanol–water partition coefficient (Wildman–Crippen LogP) is 1.19. The zero-order valence-electron chi connectivity index (χ0n) is 11.6. The molecule has 8 heteroatoms. The van der Waals surface area contributed by atoms with E-state index in [0.717, 1.165) is 11.7 Å². The van der Waals surface area contributed by atoms with E-state index in [2.05, 4.69) is 15.6 Å². The molecule has 1 amide bonds. The van der Waals surface area contributed by atoms with Crippen LogP contribution < -0.4 is 10.6 Å². The summed E-state index contributed by atoms with van der Waals surface area (Å²) in [7, 11) is -2.90. The number of amides is 1. The molecule has 1 aliphatic heterocycles. The lowest BCUT2D eigenvalue weighted by Gasteiger charge is -2.22. The zero-order chi connectivity index (χ0) is 14.8. The van der Waals surface area contributed by atoms with Crippen LogP contribution in [0.5, 0.6) is 0 Å². The number of carbonyl (C=O) groups excluding carboxylic acids is 1.